The molecule has 10 heavy (non-hydrogen) atoms. The molecule has 0 spiro atoms. The molecule has 0 aromatic carbocycles. The Bertz CT molecular complexity index is 155. The molecule has 0 unspecified atom stereocenters. The highest BCUT2D eigenvalue weighted by Gasteiger charge is 1.78. The van der Waals surface area contributed by atoms with E-state index in [0.717, 1.165) is 0 Å². The van der Waals surface area contributed by atoms with Gasteiger partial charge in [-0.2, -0.15) is 10.5 Å². The zero-order valence-electron chi connectivity index (χ0n) is 5.28. The van der Waals surface area contributed by atoms with Crippen LogP contribution in [0.15, 0.2) is 12.2 Å². The highest BCUT2D eigenvalue weighted by molar-refractivity contribution is 8.04. The second-order valence-corrected chi connectivity index (χ2v) is 2.89. The number of hydrogen-bond donors (Lipinski definition) is 0. The Morgan fingerprint density at radius 1 is 1.00 bits per heavy atom. The van der Waals surface area contributed by atoms with Crippen LogP contribution >= 0.6 is 23.5 Å². The molecule has 0 bridgehead atoms. The lowest BCUT2D eigenvalue weighted by molar-refractivity contribution is 1.56. The van der Waals surface area contributed by atoms with E-state index in [1.165, 1.54) is 23.5 Å². The molecule has 4 heteroatoms. The first-order valence-electron chi connectivity index (χ1n) is 2.58. The van der Waals surface area contributed by atoms with Crippen molar-refractivity contribution in [3.8, 4) is 10.8 Å². The second kappa shape index (κ2) is 8.42. The van der Waals surface area contributed by atoms with Gasteiger partial charge < -0.3 is 0 Å². The van der Waals surface area contributed by atoms with Gasteiger partial charge in [-0.15, -0.1) is 0 Å². The van der Waals surface area contributed by atoms with Crippen molar-refractivity contribution in [3.05, 3.63) is 12.2 Å². The first-order chi connectivity index (χ1) is 4.91. The van der Waals surface area contributed by atoms with Crippen molar-refractivity contribution in [3.63, 3.8) is 0 Å². The van der Waals surface area contributed by atoms with Gasteiger partial charge in [-0.1, -0.05) is 12.2 Å². The minimum Gasteiger partial charge on any atom is -0.185 e. The molecule has 0 aliphatic carbocycles. The molecule has 0 N–H and O–H groups in total. The Kier molecular flexibility index (Phi) is 7.93. The minimum atomic E-state index is 0.711. The lowest BCUT2D eigenvalue weighted by atomic mass is 10.6. The summed E-state index contributed by atoms with van der Waals surface area (Å²) in [6.07, 6.45) is 3.77. The van der Waals surface area contributed by atoms with Gasteiger partial charge in [-0.3, -0.25) is 0 Å². The van der Waals surface area contributed by atoms with Crippen LogP contribution in [0.3, 0.4) is 0 Å². The van der Waals surface area contributed by atoms with Crippen molar-refractivity contribution in [1.82, 2.24) is 0 Å². The lowest BCUT2D eigenvalue weighted by Crippen LogP contribution is -1.69. The molecule has 2 nitrogen and oxygen atoms in total. The predicted octanol–water partition coefficient (Wildman–Crippen LogP) is 1.97. The zero-order chi connectivity index (χ0) is 7.66. The Morgan fingerprint density at radius 3 is 1.70 bits per heavy atom. The molecule has 0 aromatic heterocycles. The van der Waals surface area contributed by atoms with Crippen LogP contribution in [0, 0.1) is 21.3 Å². The second-order valence-electron chi connectivity index (χ2n) is 1.28. The Hall–Kier alpha value is -0.580. The number of thiocyanates is 2. The van der Waals surface area contributed by atoms with E-state index in [0.29, 0.717) is 11.5 Å². The first-order valence-corrected chi connectivity index (χ1v) is 4.55. The van der Waals surface area contributed by atoms with Crippen LogP contribution in [0.4, 0.5) is 0 Å². The fraction of sp³-hybridized carbons (Fsp3) is 0.333. The number of thioether (sulfide) groups is 2. The van der Waals surface area contributed by atoms with E-state index >= 15 is 0 Å². The summed E-state index contributed by atoms with van der Waals surface area (Å²) in [7, 11) is 0. The van der Waals surface area contributed by atoms with Crippen molar-refractivity contribution >= 4 is 23.5 Å². The van der Waals surface area contributed by atoms with Gasteiger partial charge in [0.2, 0.25) is 0 Å². The Balaban J connectivity index is 3.08. The van der Waals surface area contributed by atoms with Crippen LogP contribution in [0.25, 0.3) is 0 Å². The lowest BCUT2D eigenvalue weighted by Gasteiger charge is -1.80. The van der Waals surface area contributed by atoms with E-state index in [2.05, 4.69) is 0 Å². The molecule has 0 heterocycles. The maximum atomic E-state index is 8.09. The molecule has 0 amide bonds. The van der Waals surface area contributed by atoms with E-state index in [4.69, 9.17) is 10.5 Å². The van der Waals surface area contributed by atoms with Crippen LogP contribution < -0.4 is 0 Å². The maximum Gasteiger partial charge on any atom is 0.133 e. The van der Waals surface area contributed by atoms with E-state index in [-0.39, 0.29) is 0 Å². The van der Waals surface area contributed by atoms with Gasteiger partial charge >= 0.3 is 0 Å². The Labute approximate surface area is 68.9 Å². The van der Waals surface area contributed by atoms with Gasteiger partial charge in [-0.25, -0.2) is 0 Å². The van der Waals surface area contributed by atoms with Crippen molar-refractivity contribution in [2.24, 2.45) is 0 Å². The molecule has 0 aliphatic heterocycles. The van der Waals surface area contributed by atoms with E-state index < -0.39 is 0 Å². The van der Waals surface area contributed by atoms with Crippen LogP contribution in [0.5, 0.6) is 0 Å². The van der Waals surface area contributed by atoms with E-state index in [1.807, 2.05) is 23.0 Å². The molecular formula is C6H6N2S2. The summed E-state index contributed by atoms with van der Waals surface area (Å²) in [6, 6.07) is 0. The quantitative estimate of drug-likeness (QED) is 0.367. The molecule has 0 aromatic rings. The smallest absolute Gasteiger partial charge is 0.133 e. The van der Waals surface area contributed by atoms with Gasteiger partial charge in [0.1, 0.15) is 10.8 Å². The molecule has 0 radical (unpaired) electrons. The zero-order valence-corrected chi connectivity index (χ0v) is 6.91. The van der Waals surface area contributed by atoms with Crippen molar-refractivity contribution in [2.45, 2.75) is 0 Å². The fourth-order valence-electron chi connectivity index (χ4n) is 0.307. The first kappa shape index (κ1) is 9.42. The maximum absolute atomic E-state index is 8.09. The topological polar surface area (TPSA) is 47.6 Å². The standard InChI is InChI=1S/C6H6N2S2/c7-5-9-3-1-2-4-10-6-8/h1-2H,3-4H2/b2-1+. The SMILES string of the molecule is N#CSC/C=C/CSC#N. The highest BCUT2D eigenvalue weighted by Crippen LogP contribution is 1.98. The normalized spacial score (nSPS) is 9.00. The highest BCUT2D eigenvalue weighted by atomic mass is 32.2. The number of hydrogen-bond acceptors (Lipinski definition) is 4. The molecule has 0 rings (SSSR count). The van der Waals surface area contributed by atoms with Crippen molar-refractivity contribution < 1.29 is 0 Å². The van der Waals surface area contributed by atoms with Crippen LogP contribution in [-0.4, -0.2) is 11.5 Å². The molecule has 0 aliphatic rings. The third-order valence-corrected chi connectivity index (χ3v) is 1.63. The molecule has 0 atom stereocenters. The van der Waals surface area contributed by atoms with Crippen molar-refractivity contribution in [1.29, 1.82) is 10.5 Å². The van der Waals surface area contributed by atoms with Gasteiger partial charge in [0, 0.05) is 11.5 Å². The number of nitriles is 2. The molecule has 0 saturated carbocycles. The van der Waals surface area contributed by atoms with Gasteiger partial charge in [0.25, 0.3) is 0 Å². The number of nitrogens with zero attached hydrogens (tertiary/aromatic N) is 2. The van der Waals surface area contributed by atoms with Crippen LogP contribution in [0.1, 0.15) is 0 Å². The van der Waals surface area contributed by atoms with Gasteiger partial charge in [-0.05, 0) is 23.5 Å². The Morgan fingerprint density at radius 2 is 1.40 bits per heavy atom. The third kappa shape index (κ3) is 7.42. The predicted molar refractivity (Wildman–Crippen MR) is 45.3 cm³/mol. The van der Waals surface area contributed by atoms with Crippen molar-refractivity contribution in [2.75, 3.05) is 11.5 Å². The monoisotopic (exact) mass is 170 g/mol. The van der Waals surface area contributed by atoms with Crippen LogP contribution in [-0.2, 0) is 0 Å². The van der Waals surface area contributed by atoms with E-state index in [9.17, 15) is 0 Å². The summed E-state index contributed by atoms with van der Waals surface area (Å²) in [4.78, 5) is 0. The van der Waals surface area contributed by atoms with Gasteiger partial charge in [0.05, 0.1) is 0 Å². The average molecular weight is 170 g/mol. The summed E-state index contributed by atoms with van der Waals surface area (Å²) >= 11 is 2.39. The summed E-state index contributed by atoms with van der Waals surface area (Å²) < 4.78 is 0. The largest absolute Gasteiger partial charge is 0.185 e. The van der Waals surface area contributed by atoms with Gasteiger partial charge in [0.15, 0.2) is 0 Å². The number of rotatable bonds is 4. The summed E-state index contributed by atoms with van der Waals surface area (Å²) in [6.45, 7) is 0. The molecule has 52 valence electrons. The summed E-state index contributed by atoms with van der Waals surface area (Å²) in [5.74, 6) is 1.42. The van der Waals surface area contributed by atoms with Crippen LogP contribution in [0.2, 0.25) is 0 Å². The average Bonchev–Trinajstić information content (AvgIpc) is 1.97. The summed E-state index contributed by atoms with van der Waals surface area (Å²) in [5, 5.41) is 20.1. The summed E-state index contributed by atoms with van der Waals surface area (Å²) in [5.41, 5.74) is 0. The molecular weight excluding hydrogens is 164 g/mol. The van der Waals surface area contributed by atoms with E-state index in [1.54, 1.807) is 0 Å². The fourth-order valence-corrected chi connectivity index (χ4v) is 0.921. The third-order valence-electron chi connectivity index (χ3n) is 0.655. The molecule has 0 saturated heterocycles. The minimum absolute atomic E-state index is 0.711. The molecule has 0 fully saturated rings.